The second kappa shape index (κ2) is 9.70. The van der Waals surface area contributed by atoms with Gasteiger partial charge in [-0.3, -0.25) is 14.9 Å². The van der Waals surface area contributed by atoms with E-state index in [-0.39, 0.29) is 11.3 Å². The van der Waals surface area contributed by atoms with Crippen LogP contribution < -0.4 is 14.8 Å². The molecule has 0 aromatic heterocycles. The minimum Gasteiger partial charge on any atom is -0.486 e. The van der Waals surface area contributed by atoms with Crippen molar-refractivity contribution in [3.05, 3.63) is 92.4 Å². The predicted octanol–water partition coefficient (Wildman–Crippen LogP) is 4.67. The van der Waals surface area contributed by atoms with E-state index in [1.165, 1.54) is 30.3 Å². The molecule has 0 saturated carbocycles. The van der Waals surface area contributed by atoms with Crippen LogP contribution in [0.5, 0.6) is 11.5 Å². The first-order valence-electron chi connectivity index (χ1n) is 9.83. The van der Waals surface area contributed by atoms with Gasteiger partial charge in [0.05, 0.1) is 16.2 Å². The third-order valence-corrected chi connectivity index (χ3v) is 5.42. The summed E-state index contributed by atoms with van der Waals surface area (Å²) in [5.74, 6) is -0.398. The molecule has 0 aliphatic carbocycles. The van der Waals surface area contributed by atoms with E-state index in [4.69, 9.17) is 14.2 Å². The molecule has 1 atom stereocenters. The Kier molecular flexibility index (Phi) is 6.55. The van der Waals surface area contributed by atoms with Crippen molar-refractivity contribution in [2.45, 2.75) is 6.10 Å². The average molecular weight is 513 g/mol. The normalized spacial score (nSPS) is 13.0. The molecule has 1 N–H and O–H groups in total. The third-order valence-electron chi connectivity index (χ3n) is 4.76. The summed E-state index contributed by atoms with van der Waals surface area (Å²) in [4.78, 5) is 36.4. The van der Waals surface area contributed by atoms with Crippen LogP contribution in [-0.2, 0) is 9.53 Å². The molecule has 0 bridgehead atoms. The summed E-state index contributed by atoms with van der Waals surface area (Å²) in [5.41, 5.74) is 0.815. The van der Waals surface area contributed by atoms with Gasteiger partial charge < -0.3 is 19.5 Å². The van der Waals surface area contributed by atoms with Crippen molar-refractivity contribution < 1.29 is 28.7 Å². The van der Waals surface area contributed by atoms with Crippen LogP contribution in [0.3, 0.4) is 0 Å². The fourth-order valence-corrected chi connectivity index (χ4v) is 3.63. The topological polar surface area (TPSA) is 117 Å². The number of nitrogens with one attached hydrogen (secondary N) is 1. The van der Waals surface area contributed by atoms with Gasteiger partial charge in [-0.05, 0) is 40.2 Å². The molecule has 0 saturated heterocycles. The average Bonchev–Trinajstić information content (AvgIpc) is 2.83. The number of non-ortho nitro benzene ring substituents is 1. The number of anilines is 1. The standard InChI is InChI=1S/C23H17BrN2O7/c24-17-13-16(26(29)30)7-8-18(17)25-22(27)21(14-4-2-1-3-5-14)33-23(28)15-6-9-19-20(12-15)32-11-10-31-19/h1-9,12-13,21H,10-11H2,(H,25,27)/t21-/m1/s1. The molecule has 3 aromatic carbocycles. The van der Waals surface area contributed by atoms with Gasteiger partial charge in [-0.2, -0.15) is 0 Å². The van der Waals surface area contributed by atoms with Crippen LogP contribution in [0.25, 0.3) is 0 Å². The van der Waals surface area contributed by atoms with Gasteiger partial charge in [0.25, 0.3) is 11.6 Å². The Labute approximate surface area is 196 Å². The highest BCUT2D eigenvalue weighted by Gasteiger charge is 2.27. The zero-order chi connectivity index (χ0) is 23.4. The molecule has 10 heteroatoms. The summed E-state index contributed by atoms with van der Waals surface area (Å²) in [5, 5.41) is 13.6. The fraction of sp³-hybridized carbons (Fsp3) is 0.130. The Morgan fingerprint density at radius 1 is 1.00 bits per heavy atom. The van der Waals surface area contributed by atoms with Crippen molar-refractivity contribution in [1.82, 2.24) is 0 Å². The number of fused-ring (bicyclic) bond motifs is 1. The first-order chi connectivity index (χ1) is 15.9. The molecular weight excluding hydrogens is 496 g/mol. The first-order valence-corrected chi connectivity index (χ1v) is 10.6. The lowest BCUT2D eigenvalue weighted by Gasteiger charge is -2.20. The number of carbonyl (C=O) groups is 2. The van der Waals surface area contributed by atoms with Crippen molar-refractivity contribution in [2.24, 2.45) is 0 Å². The summed E-state index contributed by atoms with van der Waals surface area (Å²) in [7, 11) is 0. The van der Waals surface area contributed by atoms with Crippen LogP contribution in [0.2, 0.25) is 0 Å². The van der Waals surface area contributed by atoms with Crippen LogP contribution in [0.15, 0.2) is 71.2 Å². The van der Waals surface area contributed by atoms with Gasteiger partial charge in [0.1, 0.15) is 13.2 Å². The number of rotatable bonds is 6. The lowest BCUT2D eigenvalue weighted by Crippen LogP contribution is -2.26. The summed E-state index contributed by atoms with van der Waals surface area (Å²) < 4.78 is 16.9. The molecule has 0 radical (unpaired) electrons. The minimum atomic E-state index is -1.27. The summed E-state index contributed by atoms with van der Waals surface area (Å²) in [6.07, 6.45) is -1.27. The zero-order valence-corrected chi connectivity index (χ0v) is 18.6. The van der Waals surface area contributed by atoms with Crippen molar-refractivity contribution in [3.63, 3.8) is 0 Å². The molecule has 0 spiro atoms. The predicted molar refractivity (Wildman–Crippen MR) is 121 cm³/mol. The number of esters is 1. The highest BCUT2D eigenvalue weighted by Crippen LogP contribution is 2.32. The summed E-state index contributed by atoms with van der Waals surface area (Å²) >= 11 is 3.22. The maximum atomic E-state index is 13.1. The van der Waals surface area contributed by atoms with E-state index in [0.717, 1.165) is 0 Å². The van der Waals surface area contributed by atoms with Crippen molar-refractivity contribution >= 4 is 39.2 Å². The van der Waals surface area contributed by atoms with Crippen molar-refractivity contribution in [2.75, 3.05) is 18.5 Å². The van der Waals surface area contributed by atoms with Gasteiger partial charge in [0, 0.05) is 22.2 Å². The van der Waals surface area contributed by atoms with Crippen LogP contribution in [0.4, 0.5) is 11.4 Å². The Bertz CT molecular complexity index is 1220. The van der Waals surface area contributed by atoms with Gasteiger partial charge >= 0.3 is 5.97 Å². The number of nitrogens with zero attached hydrogens (tertiary/aromatic N) is 1. The SMILES string of the molecule is O=C(O[C@@H](C(=O)Nc1ccc([N+](=O)[O-])cc1Br)c1ccccc1)c1ccc2c(c1)OCCO2. The third kappa shape index (κ3) is 5.12. The molecule has 0 unspecified atom stereocenters. The highest BCUT2D eigenvalue weighted by atomic mass is 79.9. The number of nitro groups is 1. The molecule has 9 nitrogen and oxygen atoms in total. The molecule has 0 fully saturated rings. The van der Waals surface area contributed by atoms with Crippen LogP contribution >= 0.6 is 15.9 Å². The minimum absolute atomic E-state index is 0.135. The Morgan fingerprint density at radius 3 is 2.42 bits per heavy atom. The molecule has 1 amide bonds. The van der Waals surface area contributed by atoms with E-state index in [9.17, 15) is 19.7 Å². The number of benzene rings is 3. The van der Waals surface area contributed by atoms with E-state index in [2.05, 4.69) is 21.2 Å². The van der Waals surface area contributed by atoms with Gasteiger partial charge in [-0.15, -0.1) is 0 Å². The molecule has 33 heavy (non-hydrogen) atoms. The maximum absolute atomic E-state index is 13.1. The quantitative estimate of drug-likeness (QED) is 0.289. The largest absolute Gasteiger partial charge is 0.486 e. The van der Waals surface area contributed by atoms with Gasteiger partial charge in [0.2, 0.25) is 6.10 Å². The molecule has 1 heterocycles. The first kappa shape index (κ1) is 22.3. The van der Waals surface area contributed by atoms with E-state index in [1.807, 2.05) is 0 Å². The fourth-order valence-electron chi connectivity index (χ4n) is 3.16. The van der Waals surface area contributed by atoms with Crippen molar-refractivity contribution in [3.8, 4) is 11.5 Å². The Hall–Kier alpha value is -3.92. The van der Waals surface area contributed by atoms with Crippen LogP contribution in [0.1, 0.15) is 22.0 Å². The molecule has 1 aliphatic heterocycles. The van der Waals surface area contributed by atoms with Crippen molar-refractivity contribution in [1.29, 1.82) is 0 Å². The van der Waals surface area contributed by atoms with Gasteiger partial charge in [0.15, 0.2) is 11.5 Å². The lowest BCUT2D eigenvalue weighted by molar-refractivity contribution is -0.384. The zero-order valence-electron chi connectivity index (χ0n) is 17.0. The second-order valence-corrected chi connectivity index (χ2v) is 7.82. The number of hydrogen-bond acceptors (Lipinski definition) is 7. The number of hydrogen-bond donors (Lipinski definition) is 1. The Balaban J connectivity index is 1.57. The van der Waals surface area contributed by atoms with Crippen LogP contribution in [-0.4, -0.2) is 30.0 Å². The molecule has 1 aliphatic rings. The van der Waals surface area contributed by atoms with Gasteiger partial charge in [-0.1, -0.05) is 30.3 Å². The Morgan fingerprint density at radius 2 is 1.73 bits per heavy atom. The number of nitro benzene ring substituents is 1. The number of ether oxygens (including phenoxy) is 3. The summed E-state index contributed by atoms with van der Waals surface area (Å²) in [6.45, 7) is 0.788. The van der Waals surface area contributed by atoms with E-state index < -0.39 is 22.9 Å². The van der Waals surface area contributed by atoms with Gasteiger partial charge in [-0.25, -0.2) is 4.79 Å². The number of carbonyl (C=O) groups excluding carboxylic acids is 2. The monoisotopic (exact) mass is 512 g/mol. The van der Waals surface area contributed by atoms with E-state index >= 15 is 0 Å². The van der Waals surface area contributed by atoms with Crippen LogP contribution in [0, 0.1) is 10.1 Å². The lowest BCUT2D eigenvalue weighted by atomic mass is 10.1. The number of halogens is 1. The van der Waals surface area contributed by atoms with E-state index in [0.29, 0.717) is 40.4 Å². The number of amides is 1. The summed E-state index contributed by atoms with van der Waals surface area (Å²) in [6, 6.07) is 17.1. The molecular formula is C23H17BrN2O7. The van der Waals surface area contributed by atoms with E-state index in [1.54, 1.807) is 36.4 Å². The molecule has 4 rings (SSSR count). The smallest absolute Gasteiger partial charge is 0.339 e. The molecule has 3 aromatic rings. The molecule has 168 valence electrons. The second-order valence-electron chi connectivity index (χ2n) is 6.96. The maximum Gasteiger partial charge on any atom is 0.339 e. The highest BCUT2D eigenvalue weighted by molar-refractivity contribution is 9.10.